The Morgan fingerprint density at radius 3 is 1.45 bits per heavy atom. The quantitative estimate of drug-likeness (QED) is 0.0727. The molecule has 0 aromatic rings. The Morgan fingerprint density at radius 2 is 0.976 bits per heavy atom. The van der Waals surface area contributed by atoms with Gasteiger partial charge in [-0.25, -0.2) is 0 Å². The molecule has 0 heterocycles. The van der Waals surface area contributed by atoms with Crippen LogP contribution in [-0.2, 0) is 4.79 Å². The molecule has 3 nitrogen and oxygen atoms in total. The van der Waals surface area contributed by atoms with Crippen molar-refractivity contribution in [3.63, 3.8) is 0 Å². The van der Waals surface area contributed by atoms with E-state index in [9.17, 15) is 4.79 Å². The van der Waals surface area contributed by atoms with E-state index in [1.54, 1.807) is 0 Å². The number of hydrogen-bond donors (Lipinski definition) is 0. The van der Waals surface area contributed by atoms with E-state index in [1.807, 2.05) is 11.9 Å². The smallest absolute Gasteiger partial charge is 0.222 e. The molecule has 0 bridgehead atoms. The molecule has 0 saturated heterocycles. The zero-order valence-electron chi connectivity index (χ0n) is 29.8. The summed E-state index contributed by atoms with van der Waals surface area (Å²) >= 11 is 0. The number of carbonyl (C=O) groups excluding carboxylic acids is 1. The first kappa shape index (κ1) is 39.5. The molecule has 42 heavy (non-hydrogen) atoms. The Kier molecular flexibility index (Phi) is 25.2. The lowest BCUT2D eigenvalue weighted by molar-refractivity contribution is -0.130. The maximum atomic E-state index is 12.6. The summed E-state index contributed by atoms with van der Waals surface area (Å²) in [5, 5.41) is 0. The number of nitrogens with zero attached hydrogens (tertiary/aromatic N) is 2. The molecule has 0 aliphatic heterocycles. The van der Waals surface area contributed by atoms with Crippen molar-refractivity contribution in [1.29, 1.82) is 0 Å². The second-order valence-electron chi connectivity index (χ2n) is 14.8. The van der Waals surface area contributed by atoms with Crippen molar-refractivity contribution in [3.8, 4) is 0 Å². The number of rotatable bonds is 32. The fourth-order valence-corrected chi connectivity index (χ4v) is 7.01. The highest BCUT2D eigenvalue weighted by Gasteiger charge is 2.40. The van der Waals surface area contributed by atoms with Gasteiger partial charge in [-0.2, -0.15) is 0 Å². The molecule has 0 atom stereocenters. The SMILES string of the molecule is CCCCCCCCCCC(CCCCCCCCCC)CCCCC1(CCCC(=O)N(C)CCCCN(C)C)CC1. The molecule has 1 rings (SSSR count). The fraction of sp³-hybridized carbons (Fsp3) is 0.974. The van der Waals surface area contributed by atoms with Crippen LogP contribution in [0.3, 0.4) is 0 Å². The third-order valence-corrected chi connectivity index (χ3v) is 10.3. The standard InChI is InChI=1S/C39H78N2O/c1-6-8-10-12-14-16-18-20-27-37(28-21-19-17-15-13-11-9-7-2)29-22-23-31-39(33-34-39)32-26-30-38(42)41(5)36-25-24-35-40(3)4/h37H,6-36H2,1-5H3. The molecule has 0 aromatic heterocycles. The average Bonchev–Trinajstić information content (AvgIpc) is 3.75. The van der Waals surface area contributed by atoms with Crippen molar-refractivity contribution >= 4 is 5.91 Å². The summed E-state index contributed by atoms with van der Waals surface area (Å²) in [6.07, 6.45) is 40.1. The molecule has 0 radical (unpaired) electrons. The van der Waals surface area contributed by atoms with Crippen LogP contribution in [0.5, 0.6) is 0 Å². The minimum atomic E-state index is 0.361. The Bertz CT molecular complexity index is 579. The summed E-state index contributed by atoms with van der Waals surface area (Å²) in [5.74, 6) is 1.34. The van der Waals surface area contributed by atoms with Gasteiger partial charge in [0.2, 0.25) is 5.91 Å². The fourth-order valence-electron chi connectivity index (χ4n) is 7.01. The van der Waals surface area contributed by atoms with Crippen LogP contribution in [0.15, 0.2) is 0 Å². The van der Waals surface area contributed by atoms with E-state index < -0.39 is 0 Å². The van der Waals surface area contributed by atoms with Gasteiger partial charge >= 0.3 is 0 Å². The van der Waals surface area contributed by atoms with E-state index in [4.69, 9.17) is 0 Å². The lowest BCUT2D eigenvalue weighted by atomic mass is 9.87. The molecule has 3 heteroatoms. The Morgan fingerprint density at radius 1 is 0.548 bits per heavy atom. The Labute approximate surface area is 265 Å². The molecule has 0 unspecified atom stereocenters. The van der Waals surface area contributed by atoms with Crippen molar-refractivity contribution in [1.82, 2.24) is 9.80 Å². The lowest BCUT2D eigenvalue weighted by Crippen LogP contribution is -2.28. The molecule has 1 amide bonds. The first-order valence-electron chi connectivity index (χ1n) is 19.3. The van der Waals surface area contributed by atoms with Gasteiger partial charge in [0.1, 0.15) is 0 Å². The molecule has 250 valence electrons. The number of hydrogen-bond acceptors (Lipinski definition) is 2. The van der Waals surface area contributed by atoms with Crippen molar-refractivity contribution in [2.24, 2.45) is 11.3 Å². The lowest BCUT2D eigenvalue weighted by Gasteiger charge is -2.20. The van der Waals surface area contributed by atoms with Crippen LogP contribution in [0.1, 0.15) is 200 Å². The van der Waals surface area contributed by atoms with Crippen LogP contribution in [0.25, 0.3) is 0 Å². The van der Waals surface area contributed by atoms with Gasteiger partial charge in [-0.1, -0.05) is 149 Å². The van der Waals surface area contributed by atoms with Gasteiger partial charge in [-0.05, 0) is 76.9 Å². The van der Waals surface area contributed by atoms with Gasteiger partial charge < -0.3 is 9.80 Å². The topological polar surface area (TPSA) is 23.6 Å². The second kappa shape index (κ2) is 26.8. The van der Waals surface area contributed by atoms with Gasteiger partial charge in [0.25, 0.3) is 0 Å². The number of amides is 1. The predicted molar refractivity (Wildman–Crippen MR) is 187 cm³/mol. The summed E-state index contributed by atoms with van der Waals surface area (Å²) in [4.78, 5) is 16.8. The molecule has 0 spiro atoms. The minimum absolute atomic E-state index is 0.361. The summed E-state index contributed by atoms with van der Waals surface area (Å²) in [7, 11) is 6.25. The minimum Gasteiger partial charge on any atom is -0.346 e. The number of carbonyl (C=O) groups is 1. The van der Waals surface area contributed by atoms with E-state index >= 15 is 0 Å². The highest BCUT2D eigenvalue weighted by Crippen LogP contribution is 2.53. The molecule has 1 aliphatic carbocycles. The monoisotopic (exact) mass is 591 g/mol. The first-order chi connectivity index (χ1) is 20.4. The van der Waals surface area contributed by atoms with Gasteiger partial charge in [0, 0.05) is 20.0 Å². The molecule has 1 fully saturated rings. The zero-order valence-corrected chi connectivity index (χ0v) is 29.8. The van der Waals surface area contributed by atoms with E-state index in [0.717, 1.165) is 38.3 Å². The third-order valence-electron chi connectivity index (χ3n) is 10.3. The van der Waals surface area contributed by atoms with Gasteiger partial charge in [0.05, 0.1) is 0 Å². The summed E-state index contributed by atoms with van der Waals surface area (Å²) in [5.41, 5.74) is 0.607. The molecule has 1 aliphatic rings. The van der Waals surface area contributed by atoms with E-state index in [2.05, 4.69) is 32.8 Å². The largest absolute Gasteiger partial charge is 0.346 e. The van der Waals surface area contributed by atoms with Crippen LogP contribution in [0.2, 0.25) is 0 Å². The van der Waals surface area contributed by atoms with E-state index in [-0.39, 0.29) is 0 Å². The van der Waals surface area contributed by atoms with Gasteiger partial charge in [-0.15, -0.1) is 0 Å². The molecular weight excluding hydrogens is 512 g/mol. The molecule has 1 saturated carbocycles. The van der Waals surface area contributed by atoms with Crippen LogP contribution < -0.4 is 0 Å². The van der Waals surface area contributed by atoms with Crippen LogP contribution >= 0.6 is 0 Å². The summed E-state index contributed by atoms with van der Waals surface area (Å²) < 4.78 is 0. The maximum absolute atomic E-state index is 12.6. The van der Waals surface area contributed by atoms with Crippen molar-refractivity contribution in [3.05, 3.63) is 0 Å². The van der Waals surface area contributed by atoms with Crippen LogP contribution in [-0.4, -0.2) is 49.9 Å². The van der Waals surface area contributed by atoms with Crippen molar-refractivity contribution < 1.29 is 4.79 Å². The Balaban J connectivity index is 2.24. The normalized spacial score (nSPS) is 14.3. The predicted octanol–water partition coefficient (Wildman–Crippen LogP) is 12.0. The highest BCUT2D eigenvalue weighted by atomic mass is 16.2. The van der Waals surface area contributed by atoms with Gasteiger partial charge in [0.15, 0.2) is 0 Å². The van der Waals surface area contributed by atoms with E-state index in [1.165, 1.54) is 167 Å². The highest BCUT2D eigenvalue weighted by molar-refractivity contribution is 5.75. The van der Waals surface area contributed by atoms with Crippen LogP contribution in [0, 0.1) is 11.3 Å². The third kappa shape index (κ3) is 22.9. The summed E-state index contributed by atoms with van der Waals surface area (Å²) in [6, 6.07) is 0. The Hall–Kier alpha value is -0.570. The molecular formula is C39H78N2O. The maximum Gasteiger partial charge on any atom is 0.222 e. The van der Waals surface area contributed by atoms with Crippen molar-refractivity contribution in [2.45, 2.75) is 200 Å². The zero-order chi connectivity index (χ0) is 30.7. The summed E-state index contributed by atoms with van der Waals surface area (Å²) in [6.45, 7) is 6.66. The van der Waals surface area contributed by atoms with E-state index in [0.29, 0.717) is 11.3 Å². The van der Waals surface area contributed by atoms with Crippen LogP contribution in [0.4, 0.5) is 0 Å². The van der Waals surface area contributed by atoms with Gasteiger partial charge in [-0.3, -0.25) is 4.79 Å². The van der Waals surface area contributed by atoms with Crippen molar-refractivity contribution in [2.75, 3.05) is 34.2 Å². The molecule has 0 N–H and O–H groups in total. The first-order valence-corrected chi connectivity index (χ1v) is 19.3. The second-order valence-corrected chi connectivity index (χ2v) is 14.8. The molecule has 0 aromatic carbocycles. The average molecular weight is 591 g/mol. The number of unbranched alkanes of at least 4 members (excludes halogenated alkanes) is 16.